The second-order valence-electron chi connectivity index (χ2n) is 6.65. The SMILES string of the molecule is COc1ccc2[nH]cc(C=C3C(=O)Nc4ccc(NCC(O)CO)cc43)c2c1. The Balaban J connectivity index is 1.71. The number of aliphatic hydroxyl groups excluding tert-OH is 2. The predicted molar refractivity (Wildman–Crippen MR) is 109 cm³/mol. The summed E-state index contributed by atoms with van der Waals surface area (Å²) in [6.07, 6.45) is 2.87. The standard InChI is InChI=1S/C21H21N3O4/c1-28-15-3-5-19-16(8-15)12(9-23-19)6-18-17-7-13(22-10-14(26)11-25)2-4-20(17)24-21(18)27/h2-9,14,22-23,25-26H,10-11H2,1H3,(H,24,27). The molecule has 5 N–H and O–H groups in total. The number of carbonyl (C=O) groups is 1. The van der Waals surface area contributed by atoms with Gasteiger partial charge in [0.1, 0.15) is 5.75 Å². The van der Waals surface area contributed by atoms with Crippen LogP contribution in [0.25, 0.3) is 22.6 Å². The van der Waals surface area contributed by atoms with E-state index in [4.69, 9.17) is 9.84 Å². The van der Waals surface area contributed by atoms with E-state index in [1.807, 2.05) is 48.7 Å². The molecule has 1 aliphatic heterocycles. The second kappa shape index (κ2) is 7.38. The van der Waals surface area contributed by atoms with Crippen molar-refractivity contribution < 1.29 is 19.7 Å². The van der Waals surface area contributed by atoms with Gasteiger partial charge in [-0.1, -0.05) is 0 Å². The van der Waals surface area contributed by atoms with Crippen molar-refractivity contribution in [3.05, 3.63) is 53.7 Å². The van der Waals surface area contributed by atoms with Crippen molar-refractivity contribution in [2.45, 2.75) is 6.10 Å². The van der Waals surface area contributed by atoms with Gasteiger partial charge in [0, 0.05) is 51.7 Å². The van der Waals surface area contributed by atoms with E-state index in [1.165, 1.54) is 0 Å². The van der Waals surface area contributed by atoms with Crippen molar-refractivity contribution in [3.63, 3.8) is 0 Å². The van der Waals surface area contributed by atoms with Crippen LogP contribution >= 0.6 is 0 Å². The van der Waals surface area contributed by atoms with E-state index >= 15 is 0 Å². The Morgan fingerprint density at radius 3 is 2.89 bits per heavy atom. The van der Waals surface area contributed by atoms with Crippen molar-refractivity contribution in [1.29, 1.82) is 0 Å². The van der Waals surface area contributed by atoms with Gasteiger partial charge in [-0.3, -0.25) is 4.79 Å². The number of anilines is 2. The number of carbonyl (C=O) groups excluding carboxylic acids is 1. The normalized spacial score (nSPS) is 15.5. The van der Waals surface area contributed by atoms with Crippen molar-refractivity contribution in [2.75, 3.05) is 30.9 Å². The fourth-order valence-corrected chi connectivity index (χ4v) is 3.26. The number of fused-ring (bicyclic) bond motifs is 2. The van der Waals surface area contributed by atoms with E-state index in [2.05, 4.69) is 15.6 Å². The molecule has 1 aliphatic rings. The first-order chi connectivity index (χ1) is 13.6. The maximum Gasteiger partial charge on any atom is 0.256 e. The highest BCUT2D eigenvalue weighted by Crippen LogP contribution is 2.36. The fourth-order valence-electron chi connectivity index (χ4n) is 3.26. The van der Waals surface area contributed by atoms with Gasteiger partial charge >= 0.3 is 0 Å². The first-order valence-corrected chi connectivity index (χ1v) is 8.94. The molecule has 1 amide bonds. The first kappa shape index (κ1) is 18.1. The van der Waals surface area contributed by atoms with Gasteiger partial charge in [-0.25, -0.2) is 0 Å². The van der Waals surface area contributed by atoms with Crippen molar-refractivity contribution in [1.82, 2.24) is 4.98 Å². The zero-order chi connectivity index (χ0) is 19.7. The third-order valence-corrected chi connectivity index (χ3v) is 4.78. The molecule has 7 heteroatoms. The molecule has 144 valence electrons. The fraction of sp³-hybridized carbons (Fsp3) is 0.190. The predicted octanol–water partition coefficient (Wildman–Crippen LogP) is 2.43. The van der Waals surface area contributed by atoms with Crippen LogP contribution in [0.4, 0.5) is 11.4 Å². The average Bonchev–Trinajstić information content (AvgIpc) is 3.26. The Bertz CT molecular complexity index is 1070. The first-order valence-electron chi connectivity index (χ1n) is 8.94. The van der Waals surface area contributed by atoms with Crippen LogP contribution in [-0.2, 0) is 4.79 Å². The Morgan fingerprint density at radius 1 is 1.25 bits per heavy atom. The van der Waals surface area contributed by atoms with E-state index in [0.29, 0.717) is 5.57 Å². The van der Waals surface area contributed by atoms with Gasteiger partial charge in [0.15, 0.2) is 0 Å². The molecule has 2 aromatic carbocycles. The summed E-state index contributed by atoms with van der Waals surface area (Å²) in [6.45, 7) is -0.0921. The van der Waals surface area contributed by atoms with Crippen LogP contribution in [0.5, 0.6) is 5.75 Å². The number of aromatic amines is 1. The summed E-state index contributed by atoms with van der Waals surface area (Å²) < 4.78 is 5.30. The molecule has 7 nitrogen and oxygen atoms in total. The van der Waals surface area contributed by atoms with E-state index in [0.717, 1.165) is 39.2 Å². The highest BCUT2D eigenvalue weighted by Gasteiger charge is 2.25. The van der Waals surface area contributed by atoms with Gasteiger partial charge in [-0.15, -0.1) is 0 Å². The molecule has 0 aliphatic carbocycles. The molecule has 0 bridgehead atoms. The number of aromatic nitrogens is 1. The van der Waals surface area contributed by atoms with Crippen LogP contribution in [0.2, 0.25) is 0 Å². The number of H-pyrrole nitrogens is 1. The highest BCUT2D eigenvalue weighted by atomic mass is 16.5. The molecule has 0 saturated heterocycles. The summed E-state index contributed by atoms with van der Waals surface area (Å²) in [4.78, 5) is 15.7. The molecule has 0 spiro atoms. The topological polar surface area (TPSA) is 107 Å². The second-order valence-corrected chi connectivity index (χ2v) is 6.65. The smallest absolute Gasteiger partial charge is 0.256 e. The highest BCUT2D eigenvalue weighted by molar-refractivity contribution is 6.35. The van der Waals surface area contributed by atoms with Gasteiger partial charge in [0.2, 0.25) is 0 Å². The molecule has 0 fully saturated rings. The molecule has 4 rings (SSSR count). The van der Waals surface area contributed by atoms with Crippen LogP contribution in [0.15, 0.2) is 42.6 Å². The number of rotatable bonds is 6. The van der Waals surface area contributed by atoms with Crippen LogP contribution < -0.4 is 15.4 Å². The summed E-state index contributed by atoms with van der Waals surface area (Å²) in [5, 5.41) is 25.4. The van der Waals surface area contributed by atoms with E-state index in [-0.39, 0.29) is 19.1 Å². The molecule has 3 aromatic rings. The summed E-state index contributed by atoms with van der Waals surface area (Å²) in [5.41, 5.74) is 4.69. The number of hydrogen-bond acceptors (Lipinski definition) is 5. The van der Waals surface area contributed by atoms with Crippen LogP contribution in [0, 0.1) is 0 Å². The lowest BCUT2D eigenvalue weighted by molar-refractivity contribution is -0.110. The lowest BCUT2D eigenvalue weighted by Gasteiger charge is -2.11. The third-order valence-electron chi connectivity index (χ3n) is 4.78. The lowest BCUT2D eigenvalue weighted by atomic mass is 10.0. The minimum absolute atomic E-state index is 0.167. The van der Waals surface area contributed by atoms with Crippen molar-refractivity contribution in [2.24, 2.45) is 0 Å². The molecule has 1 aromatic heterocycles. The molecule has 0 saturated carbocycles. The number of nitrogens with one attached hydrogen (secondary N) is 3. The Hall–Kier alpha value is -3.29. The van der Waals surface area contributed by atoms with Crippen LogP contribution in [0.3, 0.4) is 0 Å². The monoisotopic (exact) mass is 379 g/mol. The van der Waals surface area contributed by atoms with Gasteiger partial charge in [0.05, 0.1) is 19.8 Å². The quantitative estimate of drug-likeness (QED) is 0.423. The van der Waals surface area contributed by atoms with Gasteiger partial charge in [-0.2, -0.15) is 0 Å². The molecule has 1 unspecified atom stereocenters. The Morgan fingerprint density at radius 2 is 2.11 bits per heavy atom. The summed E-state index contributed by atoms with van der Waals surface area (Å²) >= 11 is 0. The molecule has 28 heavy (non-hydrogen) atoms. The minimum Gasteiger partial charge on any atom is -0.497 e. The summed E-state index contributed by atoms with van der Waals surface area (Å²) in [7, 11) is 1.62. The molecular weight excluding hydrogens is 358 g/mol. The maximum absolute atomic E-state index is 12.5. The van der Waals surface area contributed by atoms with E-state index in [9.17, 15) is 9.90 Å². The summed E-state index contributed by atoms with van der Waals surface area (Å²) in [5.74, 6) is 0.580. The van der Waals surface area contributed by atoms with Gasteiger partial charge in [0.25, 0.3) is 5.91 Å². The number of amides is 1. The average molecular weight is 379 g/mol. The van der Waals surface area contributed by atoms with Gasteiger partial charge in [-0.05, 0) is 42.5 Å². The zero-order valence-corrected chi connectivity index (χ0v) is 15.3. The van der Waals surface area contributed by atoms with Crippen LogP contribution in [0.1, 0.15) is 11.1 Å². The molecule has 0 radical (unpaired) electrons. The number of ether oxygens (including phenoxy) is 1. The van der Waals surface area contributed by atoms with Crippen molar-refractivity contribution in [3.8, 4) is 5.75 Å². The Labute approximate surface area is 161 Å². The molecule has 2 heterocycles. The number of benzene rings is 2. The Kier molecular flexibility index (Phi) is 4.77. The molecular formula is C21H21N3O4. The number of aliphatic hydroxyl groups is 2. The van der Waals surface area contributed by atoms with Crippen LogP contribution in [-0.4, -0.2) is 47.5 Å². The third kappa shape index (κ3) is 3.33. The minimum atomic E-state index is -0.843. The lowest BCUT2D eigenvalue weighted by Crippen LogP contribution is -2.22. The van der Waals surface area contributed by atoms with E-state index < -0.39 is 6.10 Å². The zero-order valence-electron chi connectivity index (χ0n) is 15.3. The largest absolute Gasteiger partial charge is 0.497 e. The van der Waals surface area contributed by atoms with E-state index in [1.54, 1.807) is 7.11 Å². The van der Waals surface area contributed by atoms with Gasteiger partial charge < -0.3 is 30.6 Å². The molecule has 1 atom stereocenters. The summed E-state index contributed by atoms with van der Waals surface area (Å²) in [6, 6.07) is 11.3. The van der Waals surface area contributed by atoms with Crippen molar-refractivity contribution >= 4 is 39.8 Å². The number of hydrogen-bond donors (Lipinski definition) is 5. The maximum atomic E-state index is 12.5. The number of methoxy groups -OCH3 is 1.